The highest BCUT2D eigenvalue weighted by Gasteiger charge is 2.09. The average molecular weight is 461 g/mol. The third-order valence-electron chi connectivity index (χ3n) is 4.69. The van der Waals surface area contributed by atoms with Gasteiger partial charge in [0.05, 0.1) is 9.21 Å². The zero-order valence-corrected chi connectivity index (χ0v) is 18.8. The van der Waals surface area contributed by atoms with Gasteiger partial charge in [0.2, 0.25) is 0 Å². The predicted molar refractivity (Wildman–Crippen MR) is 131 cm³/mol. The summed E-state index contributed by atoms with van der Waals surface area (Å²) < 4.78 is 12.7. The molecule has 0 spiro atoms. The standard InChI is InChI=1S/C27H21ClO3S/c28-27-16-15-26(32-27)23(29)13-11-20-12-14-24(30-18-21-7-3-1-4-8-21)25(17-20)31-19-22-9-5-2-6-10-22/h1-17H,18-19H2. The van der Waals surface area contributed by atoms with Crippen molar-refractivity contribution in [2.24, 2.45) is 0 Å². The summed E-state index contributed by atoms with van der Waals surface area (Å²) in [4.78, 5) is 13.0. The molecule has 3 nitrogen and oxygen atoms in total. The Bertz CT molecular complexity index is 1200. The van der Waals surface area contributed by atoms with E-state index in [4.69, 9.17) is 21.1 Å². The van der Waals surface area contributed by atoms with Gasteiger partial charge in [0, 0.05) is 0 Å². The van der Waals surface area contributed by atoms with Crippen LogP contribution in [-0.4, -0.2) is 5.78 Å². The molecule has 0 fully saturated rings. The van der Waals surface area contributed by atoms with Gasteiger partial charge in [0.1, 0.15) is 13.2 Å². The molecule has 0 aliphatic heterocycles. The Labute approximate surface area is 196 Å². The fourth-order valence-electron chi connectivity index (χ4n) is 3.03. The van der Waals surface area contributed by atoms with Crippen LogP contribution in [-0.2, 0) is 13.2 Å². The second kappa shape index (κ2) is 10.8. The number of halogens is 1. The number of hydrogen-bond donors (Lipinski definition) is 0. The molecule has 3 aromatic carbocycles. The lowest BCUT2D eigenvalue weighted by atomic mass is 10.1. The highest BCUT2D eigenvalue weighted by molar-refractivity contribution is 7.18. The van der Waals surface area contributed by atoms with Crippen molar-refractivity contribution in [1.82, 2.24) is 0 Å². The summed E-state index contributed by atoms with van der Waals surface area (Å²) in [6, 6.07) is 29.0. The number of hydrogen-bond acceptors (Lipinski definition) is 4. The Morgan fingerprint density at radius 2 is 1.41 bits per heavy atom. The maximum absolute atomic E-state index is 12.4. The Morgan fingerprint density at radius 1 is 0.781 bits per heavy atom. The number of carbonyl (C=O) groups is 1. The Morgan fingerprint density at radius 3 is 2.00 bits per heavy atom. The van der Waals surface area contributed by atoms with E-state index in [0.29, 0.717) is 33.9 Å². The fourth-order valence-corrected chi connectivity index (χ4v) is 4.00. The average Bonchev–Trinajstić information content (AvgIpc) is 3.28. The summed E-state index contributed by atoms with van der Waals surface area (Å²) in [6.07, 6.45) is 3.31. The first-order chi connectivity index (χ1) is 15.7. The number of benzene rings is 3. The van der Waals surface area contributed by atoms with E-state index >= 15 is 0 Å². The van der Waals surface area contributed by atoms with Gasteiger partial charge in [-0.2, -0.15) is 0 Å². The zero-order valence-electron chi connectivity index (χ0n) is 17.2. The lowest BCUT2D eigenvalue weighted by Crippen LogP contribution is -2.01. The number of carbonyl (C=O) groups excluding carboxylic acids is 1. The van der Waals surface area contributed by atoms with Gasteiger partial charge in [0.15, 0.2) is 17.3 Å². The molecule has 4 aromatic rings. The molecule has 32 heavy (non-hydrogen) atoms. The van der Waals surface area contributed by atoms with Crippen molar-refractivity contribution < 1.29 is 14.3 Å². The number of rotatable bonds is 9. The fraction of sp³-hybridized carbons (Fsp3) is 0.0741. The molecule has 0 bridgehead atoms. The second-order valence-corrected chi connectivity index (χ2v) is 8.77. The molecule has 0 unspecified atom stereocenters. The van der Waals surface area contributed by atoms with Gasteiger partial charge in [-0.1, -0.05) is 84.4 Å². The van der Waals surface area contributed by atoms with Crippen molar-refractivity contribution in [1.29, 1.82) is 0 Å². The number of ether oxygens (including phenoxy) is 2. The third-order valence-corrected chi connectivity index (χ3v) is 5.93. The van der Waals surface area contributed by atoms with E-state index in [2.05, 4.69) is 0 Å². The smallest absolute Gasteiger partial charge is 0.195 e. The summed E-state index contributed by atoms with van der Waals surface area (Å²) in [5.41, 5.74) is 2.98. The van der Waals surface area contributed by atoms with Crippen molar-refractivity contribution in [3.63, 3.8) is 0 Å². The molecule has 0 atom stereocenters. The molecule has 0 aliphatic rings. The van der Waals surface area contributed by atoms with Crippen LogP contribution in [0, 0.1) is 0 Å². The molecule has 0 saturated carbocycles. The van der Waals surface area contributed by atoms with Crippen molar-refractivity contribution in [2.75, 3.05) is 0 Å². The summed E-state index contributed by atoms with van der Waals surface area (Å²) in [5, 5.41) is 0. The molecule has 0 radical (unpaired) electrons. The molecule has 0 N–H and O–H groups in total. The minimum absolute atomic E-state index is 0.0851. The van der Waals surface area contributed by atoms with Crippen LogP contribution in [0.5, 0.6) is 11.5 Å². The second-order valence-electron chi connectivity index (χ2n) is 7.06. The van der Waals surface area contributed by atoms with E-state index in [1.165, 1.54) is 11.3 Å². The first kappa shape index (κ1) is 21.9. The topological polar surface area (TPSA) is 35.5 Å². The van der Waals surface area contributed by atoms with Gasteiger partial charge in [-0.05, 0) is 47.0 Å². The first-order valence-corrected chi connectivity index (χ1v) is 11.3. The molecule has 5 heteroatoms. The van der Waals surface area contributed by atoms with Crippen LogP contribution >= 0.6 is 22.9 Å². The Hall–Kier alpha value is -3.34. The zero-order chi connectivity index (χ0) is 22.2. The highest BCUT2D eigenvalue weighted by atomic mass is 35.5. The van der Waals surface area contributed by atoms with Crippen LogP contribution in [0.2, 0.25) is 4.34 Å². The molecule has 160 valence electrons. The van der Waals surface area contributed by atoms with E-state index in [0.717, 1.165) is 16.7 Å². The van der Waals surface area contributed by atoms with Crippen molar-refractivity contribution in [3.8, 4) is 11.5 Å². The van der Waals surface area contributed by atoms with Crippen LogP contribution in [0.15, 0.2) is 97.1 Å². The minimum atomic E-state index is -0.0851. The van der Waals surface area contributed by atoms with Gasteiger partial charge in [0.25, 0.3) is 0 Å². The Kier molecular flexibility index (Phi) is 7.38. The summed E-state index contributed by atoms with van der Waals surface area (Å²) in [6.45, 7) is 0.859. The SMILES string of the molecule is O=C(C=Cc1ccc(OCc2ccccc2)c(OCc2ccccc2)c1)c1ccc(Cl)s1. The molecule has 4 rings (SSSR count). The van der Waals surface area contributed by atoms with Crippen LogP contribution in [0.25, 0.3) is 6.08 Å². The lowest BCUT2D eigenvalue weighted by Gasteiger charge is -2.14. The molecule has 1 heterocycles. The van der Waals surface area contributed by atoms with Crippen LogP contribution in [0.3, 0.4) is 0 Å². The van der Waals surface area contributed by atoms with Crippen molar-refractivity contribution in [2.45, 2.75) is 13.2 Å². The van der Waals surface area contributed by atoms with Crippen molar-refractivity contribution >= 4 is 34.8 Å². The molecular weight excluding hydrogens is 440 g/mol. The molecule has 0 amide bonds. The van der Waals surface area contributed by atoms with Crippen molar-refractivity contribution in [3.05, 3.63) is 123 Å². The third kappa shape index (κ3) is 6.10. The molecular formula is C27H21ClO3S. The van der Waals surface area contributed by atoms with E-state index < -0.39 is 0 Å². The van der Waals surface area contributed by atoms with Gasteiger partial charge in [-0.15, -0.1) is 11.3 Å². The number of ketones is 1. The molecule has 1 aromatic heterocycles. The van der Waals surface area contributed by atoms with Crippen LogP contribution < -0.4 is 9.47 Å². The summed E-state index contributed by atoms with van der Waals surface area (Å²) >= 11 is 7.20. The lowest BCUT2D eigenvalue weighted by molar-refractivity contribution is 0.105. The summed E-state index contributed by atoms with van der Waals surface area (Å²) in [7, 11) is 0. The Balaban J connectivity index is 1.52. The predicted octanol–water partition coefficient (Wildman–Crippen LogP) is 7.46. The van der Waals surface area contributed by atoms with Gasteiger partial charge >= 0.3 is 0 Å². The van der Waals surface area contributed by atoms with E-state index in [1.807, 2.05) is 78.9 Å². The number of thiophene rings is 1. The van der Waals surface area contributed by atoms with E-state index in [9.17, 15) is 4.79 Å². The van der Waals surface area contributed by atoms with Gasteiger partial charge < -0.3 is 9.47 Å². The number of allylic oxidation sites excluding steroid dienone is 1. The van der Waals surface area contributed by atoms with Gasteiger partial charge in [-0.25, -0.2) is 0 Å². The molecule has 0 aliphatic carbocycles. The maximum atomic E-state index is 12.4. The minimum Gasteiger partial charge on any atom is -0.485 e. The largest absolute Gasteiger partial charge is 0.485 e. The quantitative estimate of drug-likeness (QED) is 0.192. The molecule has 0 saturated heterocycles. The highest BCUT2D eigenvalue weighted by Crippen LogP contribution is 2.31. The normalized spacial score (nSPS) is 10.9. The first-order valence-electron chi connectivity index (χ1n) is 10.1. The van der Waals surface area contributed by atoms with Gasteiger partial charge in [-0.3, -0.25) is 4.79 Å². The van der Waals surface area contributed by atoms with Crippen LogP contribution in [0.4, 0.5) is 0 Å². The monoisotopic (exact) mass is 460 g/mol. The van der Waals surface area contributed by atoms with E-state index in [-0.39, 0.29) is 5.78 Å². The van der Waals surface area contributed by atoms with Crippen LogP contribution in [0.1, 0.15) is 26.4 Å². The summed E-state index contributed by atoms with van der Waals surface area (Å²) in [5.74, 6) is 1.19. The van der Waals surface area contributed by atoms with E-state index in [1.54, 1.807) is 24.3 Å². The maximum Gasteiger partial charge on any atom is 0.195 e.